The molecule has 0 radical (unpaired) electrons. The molecule has 0 aliphatic carbocycles. The summed E-state index contributed by atoms with van der Waals surface area (Å²) in [5, 5.41) is 0.683. The molecule has 0 aliphatic rings. The molecule has 2 nitrogen and oxygen atoms in total. The molecule has 0 bridgehead atoms. The largest absolute Gasteiger partial charge is 0.428 e. The number of nitrogens with zero attached hydrogens (tertiary/aromatic N) is 1. The van der Waals surface area contributed by atoms with Crippen molar-refractivity contribution in [3.63, 3.8) is 0 Å². The highest BCUT2D eigenvalue weighted by molar-refractivity contribution is 6.42. The molecule has 1 aromatic heterocycles. The number of rotatable bonds is 2. The van der Waals surface area contributed by atoms with Crippen LogP contribution in [0, 0.1) is 12.1 Å². The average Bonchev–Trinajstić information content (AvgIpc) is 2.26. The van der Waals surface area contributed by atoms with Crippen LogP contribution in [0.4, 0.5) is 0 Å². The van der Waals surface area contributed by atoms with Crippen molar-refractivity contribution in [3.8, 4) is 11.6 Å². The van der Waals surface area contributed by atoms with Crippen molar-refractivity contribution in [1.29, 1.82) is 0 Å². The predicted octanol–water partition coefficient (Wildman–Crippen LogP) is 3.78. The summed E-state index contributed by atoms with van der Waals surface area (Å²) in [6.07, 6.45) is 1.62. The first-order valence-electron chi connectivity index (χ1n) is 4.13. The first kappa shape index (κ1) is 10.1. The Morgan fingerprint density at radius 2 is 2.13 bits per heavy atom. The highest BCUT2D eigenvalue weighted by Gasteiger charge is 2.06. The van der Waals surface area contributed by atoms with E-state index in [2.05, 4.69) is 17.1 Å². The molecule has 1 heterocycles. The fourth-order valence-electron chi connectivity index (χ4n) is 0.974. The number of pyridine rings is 1. The lowest BCUT2D eigenvalue weighted by Crippen LogP contribution is -1.86. The number of aromatic nitrogens is 1. The van der Waals surface area contributed by atoms with Crippen molar-refractivity contribution in [2.75, 3.05) is 0 Å². The minimum absolute atomic E-state index is 0.307. The van der Waals surface area contributed by atoms with Crippen LogP contribution in [0.5, 0.6) is 11.6 Å². The quantitative estimate of drug-likeness (QED) is 0.794. The number of hydrogen-bond acceptors (Lipinski definition) is 2. The Kier molecular flexibility index (Phi) is 2.96. The minimum Gasteiger partial charge on any atom is -0.428 e. The van der Waals surface area contributed by atoms with Gasteiger partial charge in [-0.25, -0.2) is 4.98 Å². The molecule has 4 heteroatoms. The van der Waals surface area contributed by atoms with Crippen LogP contribution in [0.15, 0.2) is 30.5 Å². The smallest absolute Gasteiger partial charge is 0.220 e. The van der Waals surface area contributed by atoms with Gasteiger partial charge in [0.05, 0.1) is 5.02 Å². The molecule has 74 valence electrons. The summed E-state index contributed by atoms with van der Waals surface area (Å²) in [6, 6.07) is 12.3. The molecule has 0 aliphatic heterocycles. The predicted molar refractivity (Wildman–Crippen MR) is 58.4 cm³/mol. The lowest BCUT2D eigenvalue weighted by Gasteiger charge is -2.03. The van der Waals surface area contributed by atoms with E-state index >= 15 is 0 Å². The second kappa shape index (κ2) is 4.39. The summed E-state index contributed by atoms with van der Waals surface area (Å²) in [5.74, 6) is 0.759. The van der Waals surface area contributed by atoms with E-state index in [1.54, 1.807) is 18.3 Å². The van der Waals surface area contributed by atoms with E-state index in [1.807, 2.05) is 6.07 Å². The first-order chi connectivity index (χ1) is 7.27. The van der Waals surface area contributed by atoms with Crippen molar-refractivity contribution in [2.45, 2.75) is 0 Å². The van der Waals surface area contributed by atoms with E-state index < -0.39 is 0 Å². The molecule has 2 rings (SSSR count). The zero-order chi connectivity index (χ0) is 10.7. The van der Waals surface area contributed by atoms with Gasteiger partial charge in [0.15, 0.2) is 5.75 Å². The van der Waals surface area contributed by atoms with Crippen LogP contribution in [0.1, 0.15) is 0 Å². The van der Waals surface area contributed by atoms with Gasteiger partial charge in [0, 0.05) is 18.3 Å². The van der Waals surface area contributed by atoms with Crippen molar-refractivity contribution < 1.29 is 4.74 Å². The molecular formula is C11H5Cl2NO. The second-order valence-corrected chi connectivity index (χ2v) is 3.46. The van der Waals surface area contributed by atoms with Crippen molar-refractivity contribution >= 4 is 23.2 Å². The average molecular weight is 238 g/mol. The van der Waals surface area contributed by atoms with Gasteiger partial charge in [-0.15, -0.1) is 0 Å². The molecule has 0 amide bonds. The standard InChI is InChI=1S/C11H5Cl2NO/c12-8-4-3-5-9(11(8)13)15-10-6-1-2-7-14-10/h1-2,4,6-7H. The maximum atomic E-state index is 5.91. The zero-order valence-electron chi connectivity index (χ0n) is 7.50. The molecule has 0 saturated carbocycles. The topological polar surface area (TPSA) is 22.1 Å². The van der Waals surface area contributed by atoms with Crippen LogP contribution >= 0.6 is 23.2 Å². The van der Waals surface area contributed by atoms with E-state index in [4.69, 9.17) is 27.9 Å². The third kappa shape index (κ3) is 2.33. The zero-order valence-corrected chi connectivity index (χ0v) is 9.01. The molecule has 0 fully saturated rings. The lowest BCUT2D eigenvalue weighted by atomic mass is 10.4. The van der Waals surface area contributed by atoms with Gasteiger partial charge in [0.25, 0.3) is 0 Å². The highest BCUT2D eigenvalue weighted by Crippen LogP contribution is 2.31. The summed E-state index contributed by atoms with van der Waals surface area (Å²) in [5.41, 5.74) is 0. The van der Waals surface area contributed by atoms with Gasteiger partial charge in [-0.2, -0.15) is 0 Å². The molecule has 0 unspecified atom stereocenters. The highest BCUT2D eigenvalue weighted by atomic mass is 35.5. The van der Waals surface area contributed by atoms with Gasteiger partial charge in [0.1, 0.15) is 5.02 Å². The number of halogens is 2. The van der Waals surface area contributed by atoms with Crippen LogP contribution < -0.4 is 4.74 Å². The first-order valence-corrected chi connectivity index (χ1v) is 4.89. The second-order valence-electron chi connectivity index (χ2n) is 2.67. The van der Waals surface area contributed by atoms with Gasteiger partial charge >= 0.3 is 0 Å². The molecule has 0 N–H and O–H groups in total. The maximum absolute atomic E-state index is 5.91. The summed E-state index contributed by atoms with van der Waals surface area (Å²) < 4.78 is 5.38. The summed E-state index contributed by atoms with van der Waals surface area (Å²) >= 11 is 11.7. The third-order valence-electron chi connectivity index (χ3n) is 1.64. The van der Waals surface area contributed by atoms with Gasteiger partial charge < -0.3 is 4.74 Å². The normalized spacial score (nSPS) is 9.47. The molecule has 15 heavy (non-hydrogen) atoms. The van der Waals surface area contributed by atoms with Crippen LogP contribution in [0.25, 0.3) is 0 Å². The SMILES string of the molecule is Clc1cc#cc(Oc2ccccn2)c1Cl. The van der Waals surface area contributed by atoms with Gasteiger partial charge in [-0.1, -0.05) is 35.3 Å². The monoisotopic (exact) mass is 237 g/mol. The van der Waals surface area contributed by atoms with E-state index in [0.29, 0.717) is 21.7 Å². The Morgan fingerprint density at radius 3 is 2.87 bits per heavy atom. The minimum atomic E-state index is 0.307. The van der Waals surface area contributed by atoms with Crippen LogP contribution in [0.2, 0.25) is 10.0 Å². The summed E-state index contributed by atoms with van der Waals surface area (Å²) in [7, 11) is 0. The molecule has 0 atom stereocenters. The fourth-order valence-corrected chi connectivity index (χ4v) is 1.25. The Bertz CT molecular complexity index is 459. The molecule has 1 aromatic carbocycles. The van der Waals surface area contributed by atoms with Gasteiger partial charge in [-0.3, -0.25) is 0 Å². The Morgan fingerprint density at radius 1 is 1.27 bits per heavy atom. The Labute approximate surface area is 97.4 Å². The van der Waals surface area contributed by atoms with E-state index in [1.165, 1.54) is 6.07 Å². The third-order valence-corrected chi connectivity index (χ3v) is 2.41. The number of ether oxygens (including phenoxy) is 1. The van der Waals surface area contributed by atoms with Crippen molar-refractivity contribution in [3.05, 3.63) is 52.6 Å². The van der Waals surface area contributed by atoms with Gasteiger partial charge in [-0.05, 0) is 12.1 Å². The van der Waals surface area contributed by atoms with Gasteiger partial charge in [0.2, 0.25) is 5.88 Å². The van der Waals surface area contributed by atoms with Crippen LogP contribution in [0.3, 0.4) is 0 Å². The van der Waals surface area contributed by atoms with Crippen molar-refractivity contribution in [2.24, 2.45) is 0 Å². The van der Waals surface area contributed by atoms with Crippen molar-refractivity contribution in [1.82, 2.24) is 4.98 Å². The van der Waals surface area contributed by atoms with E-state index in [0.717, 1.165) is 0 Å². The molecule has 0 saturated heterocycles. The Balaban J connectivity index is 2.29. The molecular weight excluding hydrogens is 233 g/mol. The van der Waals surface area contributed by atoms with Crippen LogP contribution in [-0.2, 0) is 0 Å². The summed E-state index contributed by atoms with van der Waals surface area (Å²) in [6.45, 7) is 0. The molecule has 2 aromatic rings. The van der Waals surface area contributed by atoms with Crippen LogP contribution in [-0.4, -0.2) is 4.98 Å². The molecule has 0 spiro atoms. The summed E-state index contributed by atoms with van der Waals surface area (Å²) in [4.78, 5) is 3.99. The Hall–Kier alpha value is -1.43. The van der Waals surface area contributed by atoms with E-state index in [-0.39, 0.29) is 0 Å². The number of hydrogen-bond donors (Lipinski definition) is 0. The lowest BCUT2D eigenvalue weighted by molar-refractivity contribution is 0.463. The fraction of sp³-hybridized carbons (Fsp3) is 0. The van der Waals surface area contributed by atoms with E-state index in [9.17, 15) is 0 Å². The maximum Gasteiger partial charge on any atom is 0.220 e.